The molecule has 1 radical (unpaired) electrons. The van der Waals surface area contributed by atoms with Crippen molar-refractivity contribution in [3.05, 3.63) is 5.50 Å². The quantitative estimate of drug-likeness (QED) is 0.585. The summed E-state index contributed by atoms with van der Waals surface area (Å²) in [4.78, 5) is 0. The van der Waals surface area contributed by atoms with Crippen LogP contribution in [-0.4, -0.2) is 27.3 Å². The topological polar surface area (TPSA) is 46.2 Å². The van der Waals surface area contributed by atoms with Crippen LogP contribution in [0.15, 0.2) is 0 Å². The van der Waals surface area contributed by atoms with Crippen LogP contribution in [0.1, 0.15) is 52.4 Å². The highest BCUT2D eigenvalue weighted by Gasteiger charge is 2.25. The summed E-state index contributed by atoms with van der Waals surface area (Å²) in [5.74, 6) is -0.0592. The summed E-state index contributed by atoms with van der Waals surface area (Å²) in [6, 6.07) is 0. The summed E-state index contributed by atoms with van der Waals surface area (Å²) in [6.07, 6.45) is 5.97. The van der Waals surface area contributed by atoms with Crippen LogP contribution in [-0.2, 0) is 9.84 Å². The van der Waals surface area contributed by atoms with Crippen molar-refractivity contribution in [1.82, 2.24) is 5.32 Å². The molecular weight excluding hydrogens is 241 g/mol. The first-order chi connectivity index (χ1) is 8.04. The second-order valence-corrected chi connectivity index (χ2v) is 6.30. The molecule has 0 saturated heterocycles. The summed E-state index contributed by atoms with van der Waals surface area (Å²) in [5.41, 5.74) is -0.923. The highest BCUT2D eigenvalue weighted by atomic mass is 32.2. The monoisotopic (exact) mass is 266 g/mol. The average molecular weight is 266 g/mol. The first-order valence-corrected chi connectivity index (χ1v) is 8.14. The van der Waals surface area contributed by atoms with Crippen molar-refractivity contribution in [3.63, 3.8) is 0 Å². The van der Waals surface area contributed by atoms with Crippen LogP contribution >= 0.6 is 0 Å². The van der Waals surface area contributed by atoms with Crippen LogP contribution in [0, 0.1) is 5.50 Å². The molecule has 17 heavy (non-hydrogen) atoms. The molecule has 0 aromatic carbocycles. The smallest absolute Gasteiger partial charge is 0.271 e. The highest BCUT2D eigenvalue weighted by Crippen LogP contribution is 2.15. The Morgan fingerprint density at radius 3 is 2.24 bits per heavy atom. The van der Waals surface area contributed by atoms with Gasteiger partial charge in [0.1, 0.15) is 0 Å². The summed E-state index contributed by atoms with van der Waals surface area (Å²) in [7, 11) is -3.64. The number of hydrogen-bond acceptors (Lipinski definition) is 3. The molecule has 0 amide bonds. The molecule has 0 fully saturated rings. The third-order valence-corrected chi connectivity index (χ3v) is 4.26. The van der Waals surface area contributed by atoms with E-state index in [9.17, 15) is 12.8 Å². The van der Waals surface area contributed by atoms with Gasteiger partial charge < -0.3 is 5.32 Å². The second-order valence-electron chi connectivity index (χ2n) is 4.22. The Hall–Kier alpha value is -0.160. The largest absolute Gasteiger partial charge is 0.313 e. The van der Waals surface area contributed by atoms with Crippen molar-refractivity contribution in [2.75, 3.05) is 18.8 Å². The fourth-order valence-electron chi connectivity index (χ4n) is 1.52. The van der Waals surface area contributed by atoms with Gasteiger partial charge in [-0.25, -0.2) is 12.8 Å². The molecule has 0 unspecified atom stereocenters. The minimum atomic E-state index is -3.64. The van der Waals surface area contributed by atoms with E-state index < -0.39 is 15.3 Å². The number of rotatable bonds is 11. The van der Waals surface area contributed by atoms with E-state index in [0.717, 1.165) is 19.3 Å². The number of unbranched alkanes of at least 4 members (excludes halogenated alkanes) is 5. The third kappa shape index (κ3) is 8.55. The molecule has 0 heterocycles. The lowest BCUT2D eigenvalue weighted by Crippen LogP contribution is -2.25. The highest BCUT2D eigenvalue weighted by molar-refractivity contribution is 7.94. The Balaban J connectivity index is 3.70. The van der Waals surface area contributed by atoms with Crippen LogP contribution in [0.4, 0.5) is 4.39 Å². The van der Waals surface area contributed by atoms with Crippen LogP contribution in [0.2, 0.25) is 0 Å². The number of halogens is 1. The Bertz CT molecular complexity index is 268. The van der Waals surface area contributed by atoms with Gasteiger partial charge in [-0.1, -0.05) is 46.0 Å². The fourth-order valence-corrected chi connectivity index (χ4v) is 2.64. The van der Waals surface area contributed by atoms with Crippen LogP contribution in [0.25, 0.3) is 0 Å². The molecule has 0 aliphatic carbocycles. The number of nitrogens with one attached hydrogen (secondary N) is 1. The van der Waals surface area contributed by atoms with Gasteiger partial charge in [0.2, 0.25) is 0 Å². The third-order valence-electron chi connectivity index (χ3n) is 2.62. The van der Waals surface area contributed by atoms with Crippen molar-refractivity contribution in [2.24, 2.45) is 0 Å². The van der Waals surface area contributed by atoms with E-state index in [1.807, 2.05) is 6.92 Å². The molecule has 103 valence electrons. The predicted molar refractivity (Wildman–Crippen MR) is 70.1 cm³/mol. The Kier molecular flexibility index (Phi) is 9.74. The van der Waals surface area contributed by atoms with Gasteiger partial charge in [-0.2, -0.15) is 0 Å². The molecule has 3 nitrogen and oxygen atoms in total. The minimum Gasteiger partial charge on any atom is -0.313 e. The Morgan fingerprint density at radius 1 is 1.06 bits per heavy atom. The van der Waals surface area contributed by atoms with E-state index in [-0.39, 0.29) is 12.3 Å². The lowest BCUT2D eigenvalue weighted by molar-refractivity contribution is 0.495. The molecule has 0 aliphatic heterocycles. The van der Waals surface area contributed by atoms with Gasteiger partial charge in [-0.15, -0.1) is 0 Å². The molecule has 0 aliphatic rings. The van der Waals surface area contributed by atoms with E-state index >= 15 is 0 Å². The molecule has 0 aromatic heterocycles. The van der Waals surface area contributed by atoms with Gasteiger partial charge in [0.15, 0.2) is 9.84 Å². The predicted octanol–water partition coefficient (Wildman–Crippen LogP) is 2.83. The van der Waals surface area contributed by atoms with Gasteiger partial charge in [0.05, 0.1) is 5.75 Å². The summed E-state index contributed by atoms with van der Waals surface area (Å²) >= 11 is 0. The SMILES string of the molecule is CCCCCCCCS(=O)(=O)[C](F)CNCC. The van der Waals surface area contributed by atoms with Gasteiger partial charge in [0, 0.05) is 6.54 Å². The molecule has 1 N–H and O–H groups in total. The molecule has 0 rings (SSSR count). The van der Waals surface area contributed by atoms with Crippen molar-refractivity contribution in [3.8, 4) is 0 Å². The fraction of sp³-hybridized carbons (Fsp3) is 0.917. The summed E-state index contributed by atoms with van der Waals surface area (Å²) in [6.45, 7) is 4.35. The molecule has 0 aromatic rings. The van der Waals surface area contributed by atoms with Gasteiger partial charge >= 0.3 is 0 Å². The molecule has 0 spiro atoms. The maximum atomic E-state index is 13.3. The summed E-state index contributed by atoms with van der Waals surface area (Å²) < 4.78 is 36.2. The van der Waals surface area contributed by atoms with Gasteiger partial charge in [0.25, 0.3) is 5.50 Å². The van der Waals surface area contributed by atoms with E-state index in [1.54, 1.807) is 0 Å². The van der Waals surface area contributed by atoms with E-state index in [4.69, 9.17) is 0 Å². The van der Waals surface area contributed by atoms with Crippen molar-refractivity contribution < 1.29 is 12.8 Å². The number of sulfone groups is 1. The Morgan fingerprint density at radius 2 is 1.65 bits per heavy atom. The van der Waals surface area contributed by atoms with Gasteiger partial charge in [-0.05, 0) is 13.0 Å². The number of hydrogen-bond donors (Lipinski definition) is 1. The van der Waals surface area contributed by atoms with Crippen molar-refractivity contribution in [1.29, 1.82) is 0 Å². The average Bonchev–Trinajstić information content (AvgIpc) is 2.30. The standard InChI is InChI=1S/C12H25FNO2S/c1-3-5-6-7-8-9-10-17(15,16)12(13)11-14-4-2/h14H,3-11H2,1-2H3. The van der Waals surface area contributed by atoms with Crippen molar-refractivity contribution >= 4 is 9.84 Å². The zero-order valence-electron chi connectivity index (χ0n) is 11.0. The minimum absolute atomic E-state index is 0.0592. The van der Waals surface area contributed by atoms with Gasteiger partial charge in [-0.3, -0.25) is 0 Å². The summed E-state index contributed by atoms with van der Waals surface area (Å²) in [5, 5.41) is 2.68. The molecule has 0 atom stereocenters. The Labute approximate surface area is 105 Å². The normalized spacial score (nSPS) is 12.2. The first kappa shape index (κ1) is 16.8. The first-order valence-electron chi connectivity index (χ1n) is 6.49. The van der Waals surface area contributed by atoms with E-state index in [1.165, 1.54) is 12.8 Å². The maximum absolute atomic E-state index is 13.3. The zero-order chi connectivity index (χ0) is 13.1. The van der Waals surface area contributed by atoms with E-state index in [0.29, 0.717) is 13.0 Å². The lowest BCUT2D eigenvalue weighted by Gasteiger charge is -2.08. The lowest BCUT2D eigenvalue weighted by atomic mass is 10.1. The van der Waals surface area contributed by atoms with Crippen LogP contribution < -0.4 is 5.32 Å². The molecule has 0 bridgehead atoms. The molecule has 5 heteroatoms. The van der Waals surface area contributed by atoms with E-state index in [2.05, 4.69) is 12.2 Å². The second kappa shape index (κ2) is 9.83. The molecule has 0 saturated carbocycles. The zero-order valence-corrected chi connectivity index (χ0v) is 11.8. The maximum Gasteiger partial charge on any atom is 0.271 e. The molecular formula is C12H25FNO2S. The van der Waals surface area contributed by atoms with Crippen molar-refractivity contribution in [2.45, 2.75) is 52.4 Å². The van der Waals surface area contributed by atoms with Crippen LogP contribution in [0.3, 0.4) is 0 Å². The van der Waals surface area contributed by atoms with Crippen LogP contribution in [0.5, 0.6) is 0 Å².